The molecule has 1 rings (SSSR count). The number of ether oxygens (including phenoxy) is 6. The zero-order valence-electron chi connectivity index (χ0n) is 25.1. The van der Waals surface area contributed by atoms with Crippen LogP contribution in [0.15, 0.2) is 18.2 Å². The van der Waals surface area contributed by atoms with Gasteiger partial charge in [0.2, 0.25) is 0 Å². The lowest BCUT2D eigenvalue weighted by Gasteiger charge is -2.27. The molecule has 2 N–H and O–H groups in total. The molecule has 11 nitrogen and oxygen atoms in total. The predicted octanol–water partition coefficient (Wildman–Crippen LogP) is 5.48. The van der Waals surface area contributed by atoms with Crippen molar-refractivity contribution in [3.63, 3.8) is 0 Å². The Kier molecular flexibility index (Phi) is 13.9. The second-order valence-corrected chi connectivity index (χ2v) is 10.5. The van der Waals surface area contributed by atoms with E-state index in [0.717, 1.165) is 0 Å². The molecule has 0 heterocycles. The van der Waals surface area contributed by atoms with Crippen molar-refractivity contribution in [2.75, 3.05) is 0 Å². The molecule has 0 amide bonds. The van der Waals surface area contributed by atoms with Crippen molar-refractivity contribution in [1.82, 2.24) is 0 Å². The van der Waals surface area contributed by atoms with Gasteiger partial charge in [0.1, 0.15) is 30.5 Å². The standard InChI is InChI=1S/C29H45NO10/c1-10-17(4)35-27(33)39-23-14-13-21(16-24(23)40-28(34)36-18(5)11-2)15-22(30)25(31)37-19(6)20(7)38-26(32)29(8,9)12-3/h13-14,16-20,22H,10-12,15,30H2,1-9H3/t17?,18?,19-,20-,22-/m0/s1. The van der Waals surface area contributed by atoms with Crippen molar-refractivity contribution >= 4 is 24.2 Å². The minimum atomic E-state index is -1.08. The summed E-state index contributed by atoms with van der Waals surface area (Å²) in [6.07, 6.45) is -2.37. The summed E-state index contributed by atoms with van der Waals surface area (Å²) in [6, 6.07) is 3.29. The van der Waals surface area contributed by atoms with Crippen LogP contribution in [0, 0.1) is 5.41 Å². The van der Waals surface area contributed by atoms with E-state index in [2.05, 4.69) is 0 Å². The first-order valence-electron chi connectivity index (χ1n) is 13.7. The number of hydrogen-bond donors (Lipinski definition) is 1. The topological polar surface area (TPSA) is 150 Å². The molecule has 0 saturated carbocycles. The maximum atomic E-state index is 12.7. The summed E-state index contributed by atoms with van der Waals surface area (Å²) in [4.78, 5) is 49.5. The largest absolute Gasteiger partial charge is 0.514 e. The number of nitrogens with two attached hydrogens (primary N) is 1. The van der Waals surface area contributed by atoms with Crippen molar-refractivity contribution in [3.05, 3.63) is 23.8 Å². The highest BCUT2D eigenvalue weighted by atomic mass is 16.7. The van der Waals surface area contributed by atoms with Gasteiger partial charge in [-0.3, -0.25) is 9.59 Å². The van der Waals surface area contributed by atoms with Gasteiger partial charge >= 0.3 is 24.2 Å². The van der Waals surface area contributed by atoms with Crippen LogP contribution >= 0.6 is 0 Å². The Morgan fingerprint density at radius 1 is 0.775 bits per heavy atom. The Hall–Kier alpha value is -3.34. The molecule has 0 spiro atoms. The SMILES string of the molecule is CCC(C)OC(=O)Oc1ccc(C[C@H](N)C(=O)O[C@@H](C)[C@H](C)OC(=O)C(C)(C)CC)cc1OC(=O)OC(C)CC. The monoisotopic (exact) mass is 567 g/mol. The van der Waals surface area contributed by atoms with Crippen LogP contribution in [0.2, 0.25) is 0 Å². The average Bonchev–Trinajstić information content (AvgIpc) is 2.89. The second-order valence-electron chi connectivity index (χ2n) is 10.5. The van der Waals surface area contributed by atoms with E-state index in [1.54, 1.807) is 47.6 Å². The van der Waals surface area contributed by atoms with Crippen molar-refractivity contribution in [2.24, 2.45) is 11.1 Å². The van der Waals surface area contributed by atoms with Crippen LogP contribution in [0.4, 0.5) is 9.59 Å². The van der Waals surface area contributed by atoms with Crippen LogP contribution in [0.5, 0.6) is 11.5 Å². The second kappa shape index (κ2) is 16.1. The number of hydrogen-bond acceptors (Lipinski definition) is 11. The molecular weight excluding hydrogens is 522 g/mol. The van der Waals surface area contributed by atoms with Gasteiger partial charge in [-0.15, -0.1) is 0 Å². The minimum Gasteiger partial charge on any atom is -0.458 e. The van der Waals surface area contributed by atoms with Crippen LogP contribution in [-0.4, -0.2) is 54.7 Å². The summed E-state index contributed by atoms with van der Waals surface area (Å²) in [6.45, 7) is 15.8. The predicted molar refractivity (Wildman–Crippen MR) is 147 cm³/mol. The fourth-order valence-electron chi connectivity index (χ4n) is 2.84. The fourth-order valence-corrected chi connectivity index (χ4v) is 2.84. The zero-order chi connectivity index (χ0) is 30.6. The maximum Gasteiger partial charge on any atom is 0.514 e. The van der Waals surface area contributed by atoms with E-state index in [-0.39, 0.29) is 30.0 Å². The first kappa shape index (κ1) is 34.7. The smallest absolute Gasteiger partial charge is 0.458 e. The average molecular weight is 568 g/mol. The third-order valence-electron chi connectivity index (χ3n) is 6.59. The molecule has 0 fully saturated rings. The molecule has 0 aliphatic rings. The van der Waals surface area contributed by atoms with E-state index in [1.807, 2.05) is 20.8 Å². The Morgan fingerprint density at radius 2 is 1.27 bits per heavy atom. The van der Waals surface area contributed by atoms with E-state index < -0.39 is 48.0 Å². The van der Waals surface area contributed by atoms with Crippen LogP contribution < -0.4 is 15.2 Å². The summed E-state index contributed by atoms with van der Waals surface area (Å²) in [5, 5.41) is 0. The summed E-state index contributed by atoms with van der Waals surface area (Å²) in [5.41, 5.74) is 5.93. The Bertz CT molecular complexity index is 1010. The van der Waals surface area contributed by atoms with Crippen LogP contribution in [-0.2, 0) is 35.0 Å². The highest BCUT2D eigenvalue weighted by Crippen LogP contribution is 2.30. The van der Waals surface area contributed by atoms with Gasteiger partial charge in [0.05, 0.1) is 5.41 Å². The Balaban J connectivity index is 2.98. The molecule has 0 saturated heterocycles. The number of carbonyl (C=O) groups excluding carboxylic acids is 4. The van der Waals surface area contributed by atoms with Crippen LogP contribution in [0.1, 0.15) is 87.1 Å². The normalized spacial score (nSPS) is 15.1. The molecule has 0 aliphatic heterocycles. The van der Waals surface area contributed by atoms with Crippen molar-refractivity contribution in [3.8, 4) is 11.5 Å². The number of esters is 2. The molecule has 11 heteroatoms. The summed E-state index contributed by atoms with van der Waals surface area (Å²) in [5.74, 6) is -1.28. The van der Waals surface area contributed by atoms with Gasteiger partial charge in [0.25, 0.3) is 0 Å². The third kappa shape index (κ3) is 11.4. The van der Waals surface area contributed by atoms with Gasteiger partial charge < -0.3 is 34.2 Å². The summed E-state index contributed by atoms with van der Waals surface area (Å²) in [7, 11) is 0. The molecule has 0 aromatic heterocycles. The minimum absolute atomic E-state index is 0.0109. The molecule has 0 radical (unpaired) electrons. The lowest BCUT2D eigenvalue weighted by molar-refractivity contribution is -0.172. The lowest BCUT2D eigenvalue weighted by atomic mass is 9.90. The number of rotatable bonds is 14. The Labute approximate surface area is 236 Å². The molecule has 226 valence electrons. The first-order valence-corrected chi connectivity index (χ1v) is 13.7. The highest BCUT2D eigenvalue weighted by molar-refractivity contribution is 5.77. The van der Waals surface area contributed by atoms with Crippen LogP contribution in [0.3, 0.4) is 0 Å². The quantitative estimate of drug-likeness (QED) is 0.173. The van der Waals surface area contributed by atoms with Crippen LogP contribution in [0.25, 0.3) is 0 Å². The Morgan fingerprint density at radius 3 is 1.77 bits per heavy atom. The zero-order valence-corrected chi connectivity index (χ0v) is 25.1. The van der Waals surface area contributed by atoms with E-state index >= 15 is 0 Å². The van der Waals surface area contributed by atoms with Crippen molar-refractivity contribution < 1.29 is 47.6 Å². The number of carbonyl (C=O) groups is 4. The molecule has 0 aliphatic carbocycles. The molecule has 5 atom stereocenters. The summed E-state index contributed by atoms with van der Waals surface area (Å²) >= 11 is 0. The van der Waals surface area contributed by atoms with Gasteiger partial charge in [-0.1, -0.05) is 26.8 Å². The van der Waals surface area contributed by atoms with E-state index in [1.165, 1.54) is 12.1 Å². The van der Waals surface area contributed by atoms with Gasteiger partial charge in [-0.05, 0) is 84.9 Å². The van der Waals surface area contributed by atoms with Crippen molar-refractivity contribution in [1.29, 1.82) is 0 Å². The maximum absolute atomic E-state index is 12.7. The molecule has 40 heavy (non-hydrogen) atoms. The first-order chi connectivity index (χ1) is 18.6. The van der Waals surface area contributed by atoms with E-state index in [0.29, 0.717) is 24.8 Å². The van der Waals surface area contributed by atoms with Crippen molar-refractivity contribution in [2.45, 2.75) is 118 Å². The fraction of sp³-hybridized carbons (Fsp3) is 0.655. The lowest BCUT2D eigenvalue weighted by Crippen LogP contribution is -2.40. The van der Waals surface area contributed by atoms with Gasteiger partial charge in [0, 0.05) is 0 Å². The molecular formula is C29H45NO10. The molecule has 1 aromatic rings. The van der Waals surface area contributed by atoms with E-state index in [4.69, 9.17) is 34.2 Å². The highest BCUT2D eigenvalue weighted by Gasteiger charge is 2.31. The van der Waals surface area contributed by atoms with Gasteiger partial charge in [0.15, 0.2) is 11.5 Å². The molecule has 0 bridgehead atoms. The molecule has 2 unspecified atom stereocenters. The van der Waals surface area contributed by atoms with Gasteiger partial charge in [-0.2, -0.15) is 0 Å². The van der Waals surface area contributed by atoms with Gasteiger partial charge in [-0.25, -0.2) is 9.59 Å². The third-order valence-corrected chi connectivity index (χ3v) is 6.59. The van der Waals surface area contributed by atoms with E-state index in [9.17, 15) is 19.2 Å². The number of benzene rings is 1. The summed E-state index contributed by atoms with van der Waals surface area (Å²) < 4.78 is 31.7. The molecule has 1 aromatic carbocycles.